The van der Waals surface area contributed by atoms with E-state index in [1.54, 1.807) is 42.5 Å². The van der Waals surface area contributed by atoms with Crippen LogP contribution in [0.4, 0.5) is 5.69 Å². The molecule has 8 heteroatoms. The third-order valence-corrected chi connectivity index (χ3v) is 8.99. The van der Waals surface area contributed by atoms with Gasteiger partial charge in [0, 0.05) is 22.0 Å². The Hall–Kier alpha value is -1.51. The smallest absolute Gasteiger partial charge is 0.264 e. The molecule has 1 aliphatic carbocycles. The molecule has 0 spiro atoms. The molecule has 31 heavy (non-hydrogen) atoms. The van der Waals surface area contributed by atoms with Gasteiger partial charge in [-0.25, -0.2) is 8.42 Å². The first kappa shape index (κ1) is 24.1. The van der Waals surface area contributed by atoms with Gasteiger partial charge in [0.1, 0.15) is 6.54 Å². The van der Waals surface area contributed by atoms with E-state index in [-0.39, 0.29) is 17.3 Å². The summed E-state index contributed by atoms with van der Waals surface area (Å²) in [5.41, 5.74) is 1.42. The van der Waals surface area contributed by atoms with Crippen molar-refractivity contribution >= 4 is 49.3 Å². The third kappa shape index (κ3) is 6.99. The average molecular weight is 526 g/mol. The van der Waals surface area contributed by atoms with E-state index in [1.807, 2.05) is 24.8 Å². The summed E-state index contributed by atoms with van der Waals surface area (Å²) < 4.78 is 28.6. The highest BCUT2D eigenvalue weighted by Gasteiger charge is 2.27. The predicted octanol–water partition coefficient (Wildman–Crippen LogP) is 5.13. The van der Waals surface area contributed by atoms with Crippen molar-refractivity contribution in [3.05, 3.63) is 58.6 Å². The van der Waals surface area contributed by atoms with Gasteiger partial charge in [0.15, 0.2) is 0 Å². The first-order chi connectivity index (χ1) is 14.9. The minimum absolute atomic E-state index is 0.165. The Morgan fingerprint density at radius 1 is 1.13 bits per heavy atom. The molecule has 0 aliphatic heterocycles. The first-order valence-corrected chi connectivity index (χ1v) is 13.9. The molecule has 0 radical (unpaired) electrons. The van der Waals surface area contributed by atoms with Crippen molar-refractivity contribution in [2.45, 2.75) is 49.2 Å². The molecule has 0 saturated heterocycles. The number of nitrogens with one attached hydrogen (secondary N) is 1. The van der Waals surface area contributed by atoms with Crippen LogP contribution in [0.3, 0.4) is 0 Å². The van der Waals surface area contributed by atoms with Crippen molar-refractivity contribution in [3.63, 3.8) is 0 Å². The summed E-state index contributed by atoms with van der Waals surface area (Å²) in [6, 6.07) is 13.7. The van der Waals surface area contributed by atoms with E-state index in [0.717, 1.165) is 15.8 Å². The van der Waals surface area contributed by atoms with Crippen molar-refractivity contribution in [1.82, 2.24) is 5.32 Å². The molecule has 0 bridgehead atoms. The second-order valence-electron chi connectivity index (χ2n) is 7.79. The normalized spacial score (nSPS) is 14.9. The van der Waals surface area contributed by atoms with Crippen molar-refractivity contribution in [2.75, 3.05) is 23.1 Å². The number of carbonyl (C=O) groups is 1. The highest BCUT2D eigenvalue weighted by atomic mass is 79.9. The van der Waals surface area contributed by atoms with Gasteiger partial charge in [-0.15, -0.1) is 0 Å². The van der Waals surface area contributed by atoms with Crippen LogP contribution in [0.1, 0.15) is 37.7 Å². The van der Waals surface area contributed by atoms with Crippen molar-refractivity contribution in [2.24, 2.45) is 0 Å². The Balaban J connectivity index is 1.68. The Labute approximate surface area is 198 Å². The van der Waals surface area contributed by atoms with Gasteiger partial charge in [-0.3, -0.25) is 9.10 Å². The van der Waals surface area contributed by atoms with E-state index >= 15 is 0 Å². The molecular weight excluding hydrogens is 496 g/mol. The van der Waals surface area contributed by atoms with E-state index in [1.165, 1.54) is 36.4 Å². The topological polar surface area (TPSA) is 66.5 Å². The molecular formula is C23H29BrN2O3S2. The van der Waals surface area contributed by atoms with Crippen molar-refractivity contribution < 1.29 is 13.2 Å². The lowest BCUT2D eigenvalue weighted by Crippen LogP contribution is -2.41. The summed E-state index contributed by atoms with van der Waals surface area (Å²) >= 11 is 5.30. The molecule has 0 unspecified atom stereocenters. The lowest BCUT2D eigenvalue weighted by atomic mass is 10.0. The number of sulfonamides is 1. The van der Waals surface area contributed by atoms with E-state index in [9.17, 15) is 13.2 Å². The first-order valence-electron chi connectivity index (χ1n) is 10.6. The summed E-state index contributed by atoms with van der Waals surface area (Å²) in [4.78, 5) is 12.8. The number of hydrogen-bond donors (Lipinski definition) is 1. The van der Waals surface area contributed by atoms with Gasteiger partial charge in [-0.05, 0) is 50.1 Å². The zero-order valence-corrected chi connectivity index (χ0v) is 20.9. The molecule has 168 valence electrons. The maximum absolute atomic E-state index is 13.4. The van der Waals surface area contributed by atoms with Gasteiger partial charge in [-0.1, -0.05) is 59.0 Å². The van der Waals surface area contributed by atoms with Gasteiger partial charge in [-0.2, -0.15) is 11.8 Å². The maximum atomic E-state index is 13.4. The number of thioether (sulfide) groups is 1. The molecule has 0 heterocycles. The summed E-state index contributed by atoms with van der Waals surface area (Å²) in [5, 5.41) is 3.58. The fourth-order valence-corrected chi connectivity index (χ4v) is 6.64. The molecule has 3 rings (SSSR count). The molecule has 1 N–H and O–H groups in total. The van der Waals surface area contributed by atoms with Gasteiger partial charge in [0.25, 0.3) is 10.0 Å². The van der Waals surface area contributed by atoms with Gasteiger partial charge in [0.2, 0.25) is 5.91 Å². The second kappa shape index (κ2) is 11.4. The zero-order valence-electron chi connectivity index (χ0n) is 17.7. The SMILES string of the molecule is Cc1ccc(S(=O)(=O)N(CC(=O)NCCSC2CCCCC2)c2cccc(Br)c2)cc1. The number of halogens is 1. The van der Waals surface area contributed by atoms with Gasteiger partial charge in [0.05, 0.1) is 10.6 Å². The predicted molar refractivity (Wildman–Crippen MR) is 132 cm³/mol. The fraction of sp³-hybridized carbons (Fsp3) is 0.435. The monoisotopic (exact) mass is 524 g/mol. The molecule has 1 saturated carbocycles. The molecule has 0 atom stereocenters. The van der Waals surface area contributed by atoms with Crippen LogP contribution in [0.25, 0.3) is 0 Å². The van der Waals surface area contributed by atoms with Crippen LogP contribution >= 0.6 is 27.7 Å². The highest BCUT2D eigenvalue weighted by molar-refractivity contribution is 9.10. The minimum Gasteiger partial charge on any atom is -0.354 e. The number of rotatable bonds is 9. The summed E-state index contributed by atoms with van der Waals surface area (Å²) in [5.74, 6) is 0.540. The molecule has 2 aromatic carbocycles. The Kier molecular flexibility index (Phi) is 8.86. The maximum Gasteiger partial charge on any atom is 0.264 e. The summed E-state index contributed by atoms with van der Waals surface area (Å²) in [6.45, 7) is 2.18. The number of hydrogen-bond acceptors (Lipinski definition) is 4. The number of nitrogens with zero attached hydrogens (tertiary/aromatic N) is 1. The molecule has 1 aliphatic rings. The number of carbonyl (C=O) groups excluding carboxylic acids is 1. The average Bonchev–Trinajstić information content (AvgIpc) is 2.76. The van der Waals surface area contributed by atoms with Crippen LogP contribution in [0.5, 0.6) is 0 Å². The highest BCUT2D eigenvalue weighted by Crippen LogP contribution is 2.28. The lowest BCUT2D eigenvalue weighted by Gasteiger charge is -2.24. The van der Waals surface area contributed by atoms with Crippen LogP contribution in [-0.4, -0.2) is 38.4 Å². The number of amides is 1. The molecule has 5 nitrogen and oxygen atoms in total. The molecule has 1 fully saturated rings. The number of anilines is 1. The Morgan fingerprint density at radius 3 is 2.52 bits per heavy atom. The minimum atomic E-state index is -3.88. The van der Waals surface area contributed by atoms with Crippen LogP contribution in [0.15, 0.2) is 57.9 Å². The number of aryl methyl sites for hydroxylation is 1. The van der Waals surface area contributed by atoms with E-state index < -0.39 is 10.0 Å². The lowest BCUT2D eigenvalue weighted by molar-refractivity contribution is -0.119. The number of benzene rings is 2. The largest absolute Gasteiger partial charge is 0.354 e. The van der Waals surface area contributed by atoms with Gasteiger partial charge < -0.3 is 5.32 Å². The standard InChI is InChI=1S/C23H29BrN2O3S2/c1-18-10-12-22(13-11-18)31(28,29)26(20-7-5-6-19(24)16-20)17-23(27)25-14-15-30-21-8-3-2-4-9-21/h5-7,10-13,16,21H,2-4,8-9,14-15,17H2,1H3,(H,25,27). The Morgan fingerprint density at radius 2 is 1.84 bits per heavy atom. The molecule has 2 aromatic rings. The van der Waals surface area contributed by atoms with Crippen LogP contribution in [0.2, 0.25) is 0 Å². The second-order valence-corrected chi connectivity index (χ2v) is 12.0. The van der Waals surface area contributed by atoms with E-state index in [2.05, 4.69) is 21.2 Å². The third-order valence-electron chi connectivity index (χ3n) is 5.32. The van der Waals surface area contributed by atoms with E-state index in [4.69, 9.17) is 0 Å². The Bertz CT molecular complexity index is 975. The van der Waals surface area contributed by atoms with Gasteiger partial charge >= 0.3 is 0 Å². The van der Waals surface area contributed by atoms with Crippen molar-refractivity contribution in [1.29, 1.82) is 0 Å². The van der Waals surface area contributed by atoms with Crippen LogP contribution in [-0.2, 0) is 14.8 Å². The molecule has 0 aromatic heterocycles. The van der Waals surface area contributed by atoms with Crippen LogP contribution in [0, 0.1) is 6.92 Å². The zero-order chi connectivity index (χ0) is 22.3. The molecule has 1 amide bonds. The quantitative estimate of drug-likeness (QED) is 0.461. The van der Waals surface area contributed by atoms with Crippen LogP contribution < -0.4 is 9.62 Å². The van der Waals surface area contributed by atoms with Crippen molar-refractivity contribution in [3.8, 4) is 0 Å². The fourth-order valence-electron chi connectivity index (χ4n) is 3.62. The summed E-state index contributed by atoms with van der Waals surface area (Å²) in [6.07, 6.45) is 6.42. The van der Waals surface area contributed by atoms with E-state index in [0.29, 0.717) is 17.5 Å². The summed E-state index contributed by atoms with van der Waals surface area (Å²) in [7, 11) is -3.88.